The van der Waals surface area contributed by atoms with Gasteiger partial charge in [-0.05, 0) is 29.5 Å². The van der Waals surface area contributed by atoms with Crippen molar-refractivity contribution in [2.75, 3.05) is 6.61 Å². The zero-order chi connectivity index (χ0) is 28.8. The van der Waals surface area contributed by atoms with Crippen molar-refractivity contribution in [3.8, 4) is 0 Å². The van der Waals surface area contributed by atoms with Crippen molar-refractivity contribution in [2.45, 2.75) is 61.6 Å². The van der Waals surface area contributed by atoms with Gasteiger partial charge in [-0.2, -0.15) is 39.5 Å². The molecule has 0 saturated heterocycles. The van der Waals surface area contributed by atoms with Crippen LogP contribution in [0.5, 0.6) is 0 Å². The summed E-state index contributed by atoms with van der Waals surface area (Å²) < 4.78 is 124. The van der Waals surface area contributed by atoms with Crippen LogP contribution in [0.4, 0.5) is 39.5 Å². The fourth-order valence-electron chi connectivity index (χ4n) is 4.36. The minimum absolute atomic E-state index is 0.0956. The van der Waals surface area contributed by atoms with Gasteiger partial charge in [0.25, 0.3) is 0 Å². The fourth-order valence-corrected chi connectivity index (χ4v) is 4.36. The Labute approximate surface area is 220 Å². The van der Waals surface area contributed by atoms with Gasteiger partial charge in [-0.3, -0.25) is 0 Å². The average molecular weight is 563 g/mol. The largest absolute Gasteiger partial charge is 0.460 e. The van der Waals surface area contributed by atoms with Gasteiger partial charge in [0.1, 0.15) is 5.60 Å². The highest BCUT2D eigenvalue weighted by atomic mass is 19.4. The van der Waals surface area contributed by atoms with Crippen LogP contribution in [0.25, 0.3) is 0 Å². The van der Waals surface area contributed by atoms with Crippen LogP contribution in [0.1, 0.15) is 48.8 Å². The summed E-state index contributed by atoms with van der Waals surface area (Å²) in [5, 5.41) is 0. The number of halogens is 9. The highest BCUT2D eigenvalue weighted by molar-refractivity contribution is 5.47. The zero-order valence-electron chi connectivity index (χ0n) is 20.7. The molecule has 0 heterocycles. The van der Waals surface area contributed by atoms with Crippen molar-refractivity contribution >= 4 is 0 Å². The van der Waals surface area contributed by atoms with Crippen LogP contribution in [-0.2, 0) is 10.3 Å². The lowest BCUT2D eigenvalue weighted by Crippen LogP contribution is -2.60. The SMILES string of the molecule is FC(F)(F)C(F)(F)C(F)(F)C(F)(F)CCCCCCOC(c1ccccc1)(c1ccccc1)c1ccccc1. The highest BCUT2D eigenvalue weighted by Gasteiger charge is 2.81. The number of unbranched alkanes of at least 4 members (excludes halogenated alkanes) is 3. The summed E-state index contributed by atoms with van der Waals surface area (Å²) in [6, 6.07) is 28.1. The Balaban J connectivity index is 1.67. The van der Waals surface area contributed by atoms with Gasteiger partial charge >= 0.3 is 23.9 Å². The van der Waals surface area contributed by atoms with E-state index in [1.54, 1.807) is 0 Å². The molecule has 39 heavy (non-hydrogen) atoms. The average Bonchev–Trinajstić information content (AvgIpc) is 2.91. The molecule has 3 aromatic carbocycles. The van der Waals surface area contributed by atoms with E-state index in [2.05, 4.69) is 0 Å². The molecule has 212 valence electrons. The molecule has 0 bridgehead atoms. The smallest absolute Gasteiger partial charge is 0.361 e. The molecule has 1 nitrogen and oxygen atoms in total. The van der Waals surface area contributed by atoms with Crippen LogP contribution in [0.2, 0.25) is 0 Å². The molecule has 0 amide bonds. The van der Waals surface area contributed by atoms with Gasteiger partial charge in [-0.25, -0.2) is 0 Å². The van der Waals surface area contributed by atoms with Crippen molar-refractivity contribution in [1.29, 1.82) is 0 Å². The van der Waals surface area contributed by atoms with Crippen molar-refractivity contribution in [1.82, 2.24) is 0 Å². The summed E-state index contributed by atoms with van der Waals surface area (Å²) in [5.41, 5.74) is 1.46. The first-order chi connectivity index (χ1) is 18.3. The second-order valence-corrected chi connectivity index (χ2v) is 9.14. The summed E-state index contributed by atoms with van der Waals surface area (Å²) >= 11 is 0. The highest BCUT2D eigenvalue weighted by Crippen LogP contribution is 2.54. The van der Waals surface area contributed by atoms with Crippen molar-refractivity contribution in [2.24, 2.45) is 0 Å². The molecule has 0 N–H and O–H groups in total. The lowest BCUT2D eigenvalue weighted by Gasteiger charge is -2.36. The van der Waals surface area contributed by atoms with Gasteiger partial charge in [0.05, 0.1) is 0 Å². The molecule has 0 fully saturated rings. The molecule has 0 aliphatic heterocycles. The number of benzene rings is 3. The van der Waals surface area contributed by atoms with E-state index in [-0.39, 0.29) is 19.4 Å². The van der Waals surface area contributed by atoms with Crippen molar-refractivity contribution < 1.29 is 44.3 Å². The van der Waals surface area contributed by atoms with E-state index in [0.29, 0.717) is 6.42 Å². The van der Waals surface area contributed by atoms with Crippen LogP contribution >= 0.6 is 0 Å². The quantitative estimate of drug-likeness (QED) is 0.115. The van der Waals surface area contributed by atoms with E-state index in [4.69, 9.17) is 4.74 Å². The summed E-state index contributed by atoms with van der Waals surface area (Å²) in [6.07, 6.45) is -8.88. The minimum Gasteiger partial charge on any atom is -0.361 e. The van der Waals surface area contributed by atoms with Gasteiger partial charge < -0.3 is 4.74 Å². The maximum Gasteiger partial charge on any atom is 0.460 e. The third-order valence-corrected chi connectivity index (χ3v) is 6.45. The molecule has 0 aliphatic rings. The first-order valence-corrected chi connectivity index (χ1v) is 12.3. The van der Waals surface area contributed by atoms with Crippen molar-refractivity contribution in [3.05, 3.63) is 108 Å². The Kier molecular flexibility index (Phi) is 9.41. The maximum atomic E-state index is 13.8. The molecule has 10 heteroatoms. The van der Waals surface area contributed by atoms with Crippen LogP contribution < -0.4 is 0 Å². The van der Waals surface area contributed by atoms with Crippen LogP contribution in [0.3, 0.4) is 0 Å². The van der Waals surface area contributed by atoms with Crippen LogP contribution in [0, 0.1) is 0 Å². The second kappa shape index (κ2) is 12.0. The lowest BCUT2D eigenvalue weighted by molar-refractivity contribution is -0.396. The van der Waals surface area contributed by atoms with E-state index < -0.39 is 42.4 Å². The third-order valence-electron chi connectivity index (χ3n) is 6.45. The molecule has 0 saturated carbocycles. The van der Waals surface area contributed by atoms with Gasteiger partial charge in [-0.15, -0.1) is 0 Å². The number of ether oxygens (including phenoxy) is 1. The number of hydrogen-bond donors (Lipinski definition) is 0. The molecule has 3 rings (SSSR count). The van der Waals surface area contributed by atoms with Gasteiger partial charge in [-0.1, -0.05) is 104 Å². The predicted molar refractivity (Wildman–Crippen MR) is 129 cm³/mol. The van der Waals surface area contributed by atoms with Gasteiger partial charge in [0, 0.05) is 13.0 Å². The molecule has 0 unspecified atom stereocenters. The zero-order valence-corrected chi connectivity index (χ0v) is 20.7. The molecule has 0 radical (unpaired) electrons. The molecular weight excluding hydrogens is 535 g/mol. The third kappa shape index (κ3) is 6.26. The monoisotopic (exact) mass is 562 g/mol. The minimum atomic E-state index is -6.85. The first kappa shape index (κ1) is 30.5. The summed E-state index contributed by atoms with van der Waals surface area (Å²) in [5.74, 6) is -19.0. The standard InChI is InChI=1S/C29H27F9O/c30-25(31,27(32,33)28(34,35)29(36,37)38)20-12-1-2-13-21-39-26(22-14-6-3-7-15-22,23-16-8-4-9-17-23)24-18-10-5-11-19-24/h3-11,14-19H,1-2,12-13,20-21H2. The Morgan fingerprint density at radius 2 is 0.846 bits per heavy atom. The van der Waals surface area contributed by atoms with Crippen molar-refractivity contribution in [3.63, 3.8) is 0 Å². The summed E-state index contributed by atoms with van der Waals surface area (Å²) in [6.45, 7) is 0.122. The molecular formula is C29H27F9O. The first-order valence-electron chi connectivity index (χ1n) is 12.3. The lowest BCUT2D eigenvalue weighted by atomic mass is 9.80. The topological polar surface area (TPSA) is 9.23 Å². The van der Waals surface area contributed by atoms with E-state index in [1.807, 2.05) is 91.0 Å². The number of alkyl halides is 9. The Bertz CT molecular complexity index is 1050. The van der Waals surface area contributed by atoms with Gasteiger partial charge in [0.15, 0.2) is 0 Å². The number of hydrogen-bond acceptors (Lipinski definition) is 1. The predicted octanol–water partition coefficient (Wildman–Crippen LogP) is 9.41. The summed E-state index contributed by atoms with van der Waals surface area (Å²) in [4.78, 5) is 0. The van der Waals surface area contributed by atoms with E-state index in [0.717, 1.165) is 16.7 Å². The Morgan fingerprint density at radius 1 is 0.462 bits per heavy atom. The summed E-state index contributed by atoms with van der Waals surface area (Å²) in [7, 11) is 0. The maximum absolute atomic E-state index is 13.8. The molecule has 0 aliphatic carbocycles. The molecule has 0 spiro atoms. The van der Waals surface area contributed by atoms with Crippen LogP contribution in [0.15, 0.2) is 91.0 Å². The molecule has 3 aromatic rings. The normalized spacial score (nSPS) is 13.5. The Morgan fingerprint density at radius 3 is 1.23 bits per heavy atom. The van der Waals surface area contributed by atoms with E-state index in [1.165, 1.54) is 0 Å². The second-order valence-electron chi connectivity index (χ2n) is 9.14. The molecule has 0 aromatic heterocycles. The fraction of sp³-hybridized carbons (Fsp3) is 0.379. The van der Waals surface area contributed by atoms with Crippen LogP contribution in [-0.4, -0.2) is 30.6 Å². The van der Waals surface area contributed by atoms with E-state index >= 15 is 0 Å². The number of rotatable bonds is 13. The Hall–Kier alpha value is -3.01. The molecule has 0 atom stereocenters. The van der Waals surface area contributed by atoms with Gasteiger partial charge in [0.2, 0.25) is 0 Å². The van der Waals surface area contributed by atoms with E-state index in [9.17, 15) is 39.5 Å².